The van der Waals surface area contributed by atoms with Crippen molar-refractivity contribution in [3.05, 3.63) is 57.0 Å². The summed E-state index contributed by atoms with van der Waals surface area (Å²) in [7, 11) is 0. The predicted molar refractivity (Wildman–Crippen MR) is 116 cm³/mol. The molecule has 154 valence electrons. The van der Waals surface area contributed by atoms with Gasteiger partial charge >= 0.3 is 0 Å². The maximum absolute atomic E-state index is 12.7. The molecule has 0 amide bonds. The van der Waals surface area contributed by atoms with Crippen LogP contribution in [0.1, 0.15) is 36.0 Å². The minimum atomic E-state index is -0.622. The largest absolute Gasteiger partial charge is 0.491 e. The fourth-order valence-electron chi connectivity index (χ4n) is 3.94. The zero-order chi connectivity index (χ0) is 20.2. The molecule has 2 aromatic heterocycles. The van der Waals surface area contributed by atoms with Crippen LogP contribution in [0, 0.1) is 0 Å². The number of fused-ring (bicyclic) bond motifs is 3. The van der Waals surface area contributed by atoms with E-state index in [1.807, 2.05) is 30.3 Å². The average Bonchev–Trinajstić information content (AvgIpc) is 3.28. The lowest BCUT2D eigenvalue weighted by molar-refractivity contribution is 0.0647. The van der Waals surface area contributed by atoms with Gasteiger partial charge in [-0.25, -0.2) is 4.98 Å². The van der Waals surface area contributed by atoms with Gasteiger partial charge in [0.25, 0.3) is 5.56 Å². The van der Waals surface area contributed by atoms with Gasteiger partial charge in [0.15, 0.2) is 0 Å². The van der Waals surface area contributed by atoms with Gasteiger partial charge in [0.1, 0.15) is 29.1 Å². The number of benzene rings is 1. The molecule has 0 spiro atoms. The summed E-state index contributed by atoms with van der Waals surface area (Å²) in [5, 5.41) is 11.2. The number of aliphatic hydroxyl groups excluding tert-OH is 1. The van der Waals surface area contributed by atoms with Crippen LogP contribution >= 0.6 is 11.3 Å². The third-order valence-electron chi connectivity index (χ3n) is 5.19. The zero-order valence-corrected chi connectivity index (χ0v) is 17.5. The van der Waals surface area contributed by atoms with Crippen LogP contribution in [-0.2, 0) is 19.4 Å². The normalized spacial score (nSPS) is 14.4. The van der Waals surface area contributed by atoms with Gasteiger partial charge < -0.3 is 14.8 Å². The molecule has 1 aromatic carbocycles. The number of aliphatic hydroxyl groups is 1. The second-order valence-corrected chi connectivity index (χ2v) is 8.65. The van der Waals surface area contributed by atoms with Crippen molar-refractivity contribution in [2.45, 2.75) is 45.3 Å². The van der Waals surface area contributed by atoms with Gasteiger partial charge in [0, 0.05) is 11.4 Å². The zero-order valence-electron chi connectivity index (χ0n) is 16.7. The van der Waals surface area contributed by atoms with Crippen molar-refractivity contribution in [3.8, 4) is 5.75 Å². The van der Waals surface area contributed by atoms with E-state index in [2.05, 4.69) is 16.8 Å². The summed E-state index contributed by atoms with van der Waals surface area (Å²) in [6.07, 6.45) is 3.50. The molecule has 6 nitrogen and oxygen atoms in total. The molecule has 1 atom stereocenters. The van der Waals surface area contributed by atoms with Crippen LogP contribution < -0.4 is 10.3 Å². The Morgan fingerprint density at radius 3 is 2.93 bits per heavy atom. The standard InChI is InChI=1S/C22H27N3O3S/c1-2-11-25(12-15(26)14-28-16-7-4-3-5-8-16)13-19-23-21(27)20-17-9-6-10-18(17)29-22(20)24-19/h3-5,7-8,15,26H,2,6,9-14H2,1H3,(H,23,24,27). The van der Waals surface area contributed by atoms with Crippen molar-refractivity contribution in [1.29, 1.82) is 0 Å². The van der Waals surface area contributed by atoms with Crippen LogP contribution in [0.25, 0.3) is 10.2 Å². The summed E-state index contributed by atoms with van der Waals surface area (Å²) in [6, 6.07) is 9.49. The van der Waals surface area contributed by atoms with E-state index in [0.29, 0.717) is 18.9 Å². The molecule has 0 saturated carbocycles. The Labute approximate surface area is 174 Å². The Hall–Kier alpha value is -2.22. The number of aromatic amines is 1. The lowest BCUT2D eigenvalue weighted by Crippen LogP contribution is -2.36. The Kier molecular flexibility index (Phi) is 6.28. The first-order chi connectivity index (χ1) is 14.1. The van der Waals surface area contributed by atoms with Crippen LogP contribution in [0.2, 0.25) is 0 Å². The van der Waals surface area contributed by atoms with Gasteiger partial charge in [-0.15, -0.1) is 11.3 Å². The van der Waals surface area contributed by atoms with Crippen LogP contribution in [0.5, 0.6) is 5.75 Å². The molecule has 0 saturated heterocycles. The predicted octanol–water partition coefficient (Wildman–Crippen LogP) is 3.13. The van der Waals surface area contributed by atoms with E-state index in [-0.39, 0.29) is 12.2 Å². The van der Waals surface area contributed by atoms with Crippen LogP contribution in [-0.4, -0.2) is 45.8 Å². The van der Waals surface area contributed by atoms with Crippen molar-refractivity contribution in [1.82, 2.24) is 14.9 Å². The number of H-pyrrole nitrogens is 1. The highest BCUT2D eigenvalue weighted by Crippen LogP contribution is 2.34. The second-order valence-electron chi connectivity index (χ2n) is 7.56. The average molecular weight is 414 g/mol. The van der Waals surface area contributed by atoms with Crippen LogP contribution in [0.4, 0.5) is 0 Å². The van der Waals surface area contributed by atoms with Crippen molar-refractivity contribution >= 4 is 21.6 Å². The maximum Gasteiger partial charge on any atom is 0.259 e. The summed E-state index contributed by atoms with van der Waals surface area (Å²) < 4.78 is 5.66. The summed E-state index contributed by atoms with van der Waals surface area (Å²) in [4.78, 5) is 24.6. The van der Waals surface area contributed by atoms with E-state index >= 15 is 0 Å². The first-order valence-corrected chi connectivity index (χ1v) is 11.1. The minimum absolute atomic E-state index is 0.0335. The molecule has 1 aliphatic rings. The molecule has 1 aliphatic carbocycles. The van der Waals surface area contributed by atoms with E-state index in [9.17, 15) is 9.90 Å². The third kappa shape index (κ3) is 4.69. The minimum Gasteiger partial charge on any atom is -0.491 e. The highest BCUT2D eigenvalue weighted by atomic mass is 32.1. The number of nitrogens with one attached hydrogen (secondary N) is 1. The van der Waals surface area contributed by atoms with Gasteiger partial charge in [-0.05, 0) is 49.9 Å². The third-order valence-corrected chi connectivity index (χ3v) is 6.38. The summed E-state index contributed by atoms with van der Waals surface area (Å²) in [6.45, 7) is 4.10. The smallest absolute Gasteiger partial charge is 0.259 e. The number of aromatic nitrogens is 2. The topological polar surface area (TPSA) is 78.5 Å². The van der Waals surface area contributed by atoms with Gasteiger partial charge in [-0.2, -0.15) is 0 Å². The highest BCUT2D eigenvalue weighted by Gasteiger charge is 2.22. The SMILES string of the molecule is CCCN(Cc1nc2sc3c(c2c(=O)[nH]1)CCC3)CC(O)COc1ccccc1. The number of hydrogen-bond acceptors (Lipinski definition) is 6. The number of thiophene rings is 1. The highest BCUT2D eigenvalue weighted by molar-refractivity contribution is 7.18. The maximum atomic E-state index is 12.7. The molecule has 1 unspecified atom stereocenters. The Balaban J connectivity index is 1.43. The van der Waals surface area contributed by atoms with Crippen LogP contribution in [0.3, 0.4) is 0 Å². The van der Waals surface area contributed by atoms with Crippen molar-refractivity contribution in [2.75, 3.05) is 19.7 Å². The number of aryl methyl sites for hydroxylation is 2. The molecular formula is C22H27N3O3S. The number of para-hydroxylation sites is 1. The molecule has 0 fully saturated rings. The fraction of sp³-hybridized carbons (Fsp3) is 0.455. The Morgan fingerprint density at radius 2 is 2.14 bits per heavy atom. The van der Waals surface area contributed by atoms with Gasteiger partial charge in [-0.1, -0.05) is 25.1 Å². The monoisotopic (exact) mass is 413 g/mol. The molecule has 29 heavy (non-hydrogen) atoms. The lowest BCUT2D eigenvalue weighted by Gasteiger charge is -2.24. The van der Waals surface area contributed by atoms with E-state index in [0.717, 1.165) is 48.2 Å². The van der Waals surface area contributed by atoms with E-state index in [1.54, 1.807) is 11.3 Å². The number of hydrogen-bond donors (Lipinski definition) is 2. The van der Waals surface area contributed by atoms with Crippen molar-refractivity contribution < 1.29 is 9.84 Å². The molecule has 2 heterocycles. The van der Waals surface area contributed by atoms with Crippen molar-refractivity contribution in [3.63, 3.8) is 0 Å². The molecular weight excluding hydrogens is 386 g/mol. The molecule has 0 aliphatic heterocycles. The van der Waals surface area contributed by atoms with Crippen LogP contribution in [0.15, 0.2) is 35.1 Å². The number of ether oxygens (including phenoxy) is 1. The first-order valence-electron chi connectivity index (χ1n) is 10.3. The molecule has 0 bridgehead atoms. The summed E-state index contributed by atoms with van der Waals surface area (Å²) >= 11 is 1.66. The number of nitrogens with zero attached hydrogens (tertiary/aromatic N) is 2. The van der Waals surface area contributed by atoms with Gasteiger partial charge in [-0.3, -0.25) is 9.69 Å². The molecule has 7 heteroatoms. The molecule has 0 radical (unpaired) electrons. The Bertz CT molecular complexity index is 1020. The molecule has 3 aromatic rings. The van der Waals surface area contributed by atoms with Gasteiger partial charge in [0.2, 0.25) is 0 Å². The summed E-state index contributed by atoms with van der Waals surface area (Å²) in [5.41, 5.74) is 1.16. The van der Waals surface area contributed by atoms with E-state index in [1.165, 1.54) is 10.4 Å². The first kappa shape index (κ1) is 20.1. The second kappa shape index (κ2) is 9.07. The van der Waals surface area contributed by atoms with E-state index < -0.39 is 6.10 Å². The Morgan fingerprint density at radius 1 is 1.31 bits per heavy atom. The molecule has 2 N–H and O–H groups in total. The summed E-state index contributed by atoms with van der Waals surface area (Å²) in [5.74, 6) is 1.41. The lowest BCUT2D eigenvalue weighted by atomic mass is 10.2. The number of rotatable bonds is 9. The van der Waals surface area contributed by atoms with E-state index in [4.69, 9.17) is 9.72 Å². The van der Waals surface area contributed by atoms with Crippen molar-refractivity contribution in [2.24, 2.45) is 0 Å². The quantitative estimate of drug-likeness (QED) is 0.564. The molecule has 4 rings (SSSR count). The van der Waals surface area contributed by atoms with Gasteiger partial charge in [0.05, 0.1) is 11.9 Å². The fourth-order valence-corrected chi connectivity index (χ4v) is 5.23.